The van der Waals surface area contributed by atoms with Gasteiger partial charge in [0.1, 0.15) is 0 Å². The molecule has 2 atom stereocenters. The van der Waals surface area contributed by atoms with Crippen LogP contribution in [0.25, 0.3) is 0 Å². The zero-order valence-corrected chi connectivity index (χ0v) is 21.5. The van der Waals surface area contributed by atoms with Gasteiger partial charge in [-0.2, -0.15) is 0 Å². The number of primary amides is 1. The van der Waals surface area contributed by atoms with Crippen LogP contribution in [0.4, 0.5) is 0 Å². The molecule has 2 unspecified atom stereocenters. The first kappa shape index (κ1) is 26.4. The lowest BCUT2D eigenvalue weighted by molar-refractivity contribution is -0.129. The Labute approximate surface area is 208 Å². The van der Waals surface area contributed by atoms with Crippen LogP contribution in [0.3, 0.4) is 0 Å². The largest absolute Gasteiger partial charge is 0.369 e. The number of benzene rings is 1. The fraction of sp³-hybridized carbons (Fsp3) is 0.609. The Bertz CT molecular complexity index is 802. The number of rotatable bonds is 7. The molecular formula is C23H37IN6O2. The first-order chi connectivity index (χ1) is 15.0. The summed E-state index contributed by atoms with van der Waals surface area (Å²) >= 11 is 0. The smallest absolute Gasteiger partial charge is 0.222 e. The van der Waals surface area contributed by atoms with Crippen LogP contribution < -0.4 is 16.4 Å². The van der Waals surface area contributed by atoms with Crippen molar-refractivity contribution < 1.29 is 9.59 Å². The number of hydrogen-bond donors (Lipinski definition) is 3. The molecular weight excluding hydrogens is 519 g/mol. The standard InChI is InChI=1S/C23H36N6O2.HI/c1-3-21(30)29-11-9-20(16-29)27-23(25-2)26-13-17-6-4-7-18(12-17)14-28-10-5-8-19(15-28)22(24)31;/h4,6-7,12,19-20H,3,5,8-11,13-16H2,1-2H3,(H2,24,31)(H2,25,26,27);1H. The summed E-state index contributed by atoms with van der Waals surface area (Å²) in [5.41, 5.74) is 7.92. The van der Waals surface area contributed by atoms with Crippen LogP contribution in [0.2, 0.25) is 0 Å². The maximum atomic E-state index is 11.9. The van der Waals surface area contributed by atoms with E-state index in [0.717, 1.165) is 57.9 Å². The predicted molar refractivity (Wildman–Crippen MR) is 138 cm³/mol. The Hall–Kier alpha value is -1.88. The molecule has 3 rings (SSSR count). The van der Waals surface area contributed by atoms with Gasteiger partial charge in [0.15, 0.2) is 5.96 Å². The lowest BCUT2D eigenvalue weighted by atomic mass is 9.97. The SMILES string of the molecule is CCC(=O)N1CCC(NC(=NC)NCc2cccc(CN3CCCC(C(N)=O)C3)c2)C1.I. The fourth-order valence-corrected chi connectivity index (χ4v) is 4.43. The molecule has 1 aromatic carbocycles. The maximum absolute atomic E-state index is 11.9. The van der Waals surface area contributed by atoms with Crippen molar-refractivity contribution in [2.45, 2.75) is 51.7 Å². The van der Waals surface area contributed by atoms with Crippen molar-refractivity contribution in [1.82, 2.24) is 20.4 Å². The number of nitrogens with one attached hydrogen (secondary N) is 2. The highest BCUT2D eigenvalue weighted by molar-refractivity contribution is 14.0. The van der Waals surface area contributed by atoms with Gasteiger partial charge in [-0.15, -0.1) is 24.0 Å². The molecule has 9 heteroatoms. The van der Waals surface area contributed by atoms with Crippen LogP contribution in [0.5, 0.6) is 0 Å². The molecule has 2 aliphatic heterocycles. The van der Waals surface area contributed by atoms with E-state index in [9.17, 15) is 9.59 Å². The van der Waals surface area contributed by atoms with Crippen LogP contribution in [-0.2, 0) is 22.7 Å². The Balaban J connectivity index is 0.00000363. The molecule has 2 saturated heterocycles. The fourth-order valence-electron chi connectivity index (χ4n) is 4.43. The summed E-state index contributed by atoms with van der Waals surface area (Å²) in [6, 6.07) is 8.73. The Morgan fingerprint density at radius 1 is 1.19 bits per heavy atom. The third-order valence-corrected chi connectivity index (χ3v) is 6.17. The second kappa shape index (κ2) is 13.0. The van der Waals surface area contributed by atoms with E-state index in [1.807, 2.05) is 11.8 Å². The number of amides is 2. The van der Waals surface area contributed by atoms with E-state index in [1.165, 1.54) is 11.1 Å². The van der Waals surface area contributed by atoms with Crippen LogP contribution in [-0.4, -0.2) is 66.8 Å². The summed E-state index contributed by atoms with van der Waals surface area (Å²) in [7, 11) is 1.77. The minimum Gasteiger partial charge on any atom is -0.369 e. The van der Waals surface area contributed by atoms with Crippen molar-refractivity contribution in [1.29, 1.82) is 0 Å². The number of carbonyl (C=O) groups is 2. The van der Waals surface area contributed by atoms with Gasteiger partial charge in [0, 0.05) is 52.2 Å². The summed E-state index contributed by atoms with van der Waals surface area (Å²) in [5.74, 6) is 0.736. The molecule has 2 heterocycles. The maximum Gasteiger partial charge on any atom is 0.222 e. The van der Waals surface area contributed by atoms with Crippen LogP contribution >= 0.6 is 24.0 Å². The lowest BCUT2D eigenvalue weighted by Gasteiger charge is -2.31. The molecule has 32 heavy (non-hydrogen) atoms. The summed E-state index contributed by atoms with van der Waals surface area (Å²) in [5, 5.41) is 6.82. The number of aliphatic imine (C=N–C) groups is 1. The summed E-state index contributed by atoms with van der Waals surface area (Å²) < 4.78 is 0. The van der Waals surface area contributed by atoms with E-state index in [1.54, 1.807) is 7.05 Å². The molecule has 178 valence electrons. The van der Waals surface area contributed by atoms with E-state index < -0.39 is 0 Å². The second-order valence-corrected chi connectivity index (χ2v) is 8.55. The molecule has 0 aromatic heterocycles. The minimum atomic E-state index is -0.189. The van der Waals surface area contributed by atoms with E-state index in [-0.39, 0.29) is 47.8 Å². The van der Waals surface area contributed by atoms with Gasteiger partial charge in [-0.1, -0.05) is 31.2 Å². The Morgan fingerprint density at radius 2 is 1.97 bits per heavy atom. The quantitative estimate of drug-likeness (QED) is 0.270. The van der Waals surface area contributed by atoms with Gasteiger partial charge in [0.2, 0.25) is 11.8 Å². The summed E-state index contributed by atoms with van der Waals surface area (Å²) in [6.45, 7) is 6.67. The monoisotopic (exact) mass is 556 g/mol. The molecule has 2 aliphatic rings. The highest BCUT2D eigenvalue weighted by Gasteiger charge is 2.26. The highest BCUT2D eigenvalue weighted by atomic mass is 127. The second-order valence-electron chi connectivity index (χ2n) is 8.55. The van der Waals surface area contributed by atoms with Crippen molar-refractivity contribution in [3.05, 3.63) is 35.4 Å². The zero-order chi connectivity index (χ0) is 22.2. The van der Waals surface area contributed by atoms with Gasteiger partial charge in [-0.05, 0) is 36.9 Å². The third kappa shape index (κ3) is 7.61. The number of piperidine rings is 1. The first-order valence-corrected chi connectivity index (χ1v) is 11.3. The number of likely N-dealkylation sites (tertiary alicyclic amines) is 2. The molecule has 2 fully saturated rings. The van der Waals surface area contributed by atoms with E-state index in [0.29, 0.717) is 13.0 Å². The van der Waals surface area contributed by atoms with Crippen LogP contribution in [0.1, 0.15) is 43.7 Å². The lowest BCUT2D eigenvalue weighted by Crippen LogP contribution is -2.44. The summed E-state index contributed by atoms with van der Waals surface area (Å²) in [6.07, 6.45) is 3.40. The number of nitrogens with zero attached hydrogens (tertiary/aromatic N) is 3. The van der Waals surface area contributed by atoms with Gasteiger partial charge in [-0.3, -0.25) is 19.5 Å². The number of guanidine groups is 1. The molecule has 0 bridgehead atoms. The third-order valence-electron chi connectivity index (χ3n) is 6.17. The van der Waals surface area contributed by atoms with Crippen molar-refractivity contribution in [2.75, 3.05) is 33.2 Å². The average Bonchev–Trinajstić information content (AvgIpc) is 3.25. The molecule has 0 aliphatic carbocycles. The molecule has 0 radical (unpaired) electrons. The predicted octanol–water partition coefficient (Wildman–Crippen LogP) is 1.68. The average molecular weight is 556 g/mol. The van der Waals surface area contributed by atoms with Gasteiger partial charge in [0.25, 0.3) is 0 Å². The molecule has 0 saturated carbocycles. The topological polar surface area (TPSA) is 103 Å². The first-order valence-electron chi connectivity index (χ1n) is 11.3. The normalized spacial score (nSPS) is 21.7. The van der Waals surface area contributed by atoms with Crippen molar-refractivity contribution in [3.8, 4) is 0 Å². The molecule has 4 N–H and O–H groups in total. The Morgan fingerprint density at radius 3 is 2.69 bits per heavy atom. The highest BCUT2D eigenvalue weighted by Crippen LogP contribution is 2.19. The molecule has 2 amide bonds. The molecule has 0 spiro atoms. The van der Waals surface area contributed by atoms with Crippen molar-refractivity contribution >= 4 is 41.8 Å². The van der Waals surface area contributed by atoms with Gasteiger partial charge in [0.05, 0.1) is 5.92 Å². The zero-order valence-electron chi connectivity index (χ0n) is 19.2. The number of carbonyl (C=O) groups excluding carboxylic acids is 2. The minimum absolute atomic E-state index is 0. The van der Waals surface area contributed by atoms with E-state index in [2.05, 4.69) is 44.8 Å². The van der Waals surface area contributed by atoms with Gasteiger partial charge >= 0.3 is 0 Å². The van der Waals surface area contributed by atoms with Gasteiger partial charge < -0.3 is 21.3 Å². The molecule has 8 nitrogen and oxygen atoms in total. The number of halogens is 1. The van der Waals surface area contributed by atoms with E-state index in [4.69, 9.17) is 5.73 Å². The van der Waals surface area contributed by atoms with E-state index >= 15 is 0 Å². The van der Waals surface area contributed by atoms with Gasteiger partial charge in [-0.25, -0.2) is 0 Å². The van der Waals surface area contributed by atoms with Crippen molar-refractivity contribution in [2.24, 2.45) is 16.6 Å². The number of hydrogen-bond acceptors (Lipinski definition) is 4. The molecule has 1 aromatic rings. The number of nitrogens with two attached hydrogens (primary N) is 1. The Kier molecular flexibility index (Phi) is 10.7. The van der Waals surface area contributed by atoms with Crippen molar-refractivity contribution in [3.63, 3.8) is 0 Å². The van der Waals surface area contributed by atoms with Crippen LogP contribution in [0, 0.1) is 5.92 Å². The summed E-state index contributed by atoms with van der Waals surface area (Å²) in [4.78, 5) is 32.0. The van der Waals surface area contributed by atoms with Crippen LogP contribution in [0.15, 0.2) is 29.3 Å².